The van der Waals surface area contributed by atoms with Gasteiger partial charge in [0.2, 0.25) is 5.91 Å². The molecule has 0 atom stereocenters. The molecule has 0 saturated carbocycles. The molecule has 0 aliphatic carbocycles. The topological polar surface area (TPSA) is 85.8 Å². The zero-order valence-corrected chi connectivity index (χ0v) is 12.4. The smallest absolute Gasteiger partial charge is 0.230 e. The van der Waals surface area contributed by atoms with Crippen LogP contribution in [0.4, 0.5) is 0 Å². The summed E-state index contributed by atoms with van der Waals surface area (Å²) >= 11 is 1.33. The number of amides is 1. The summed E-state index contributed by atoms with van der Waals surface area (Å²) in [5.41, 5.74) is 0. The van der Waals surface area contributed by atoms with Crippen molar-refractivity contribution in [1.82, 2.24) is 25.1 Å². The largest absolute Gasteiger partial charge is 0.467 e. The van der Waals surface area contributed by atoms with E-state index < -0.39 is 0 Å². The van der Waals surface area contributed by atoms with E-state index in [2.05, 4.69) is 20.5 Å². The van der Waals surface area contributed by atoms with Gasteiger partial charge in [-0.1, -0.05) is 11.8 Å². The third kappa shape index (κ3) is 3.73. The quantitative estimate of drug-likeness (QED) is 0.696. The van der Waals surface area contributed by atoms with Crippen LogP contribution >= 0.6 is 11.8 Å². The molecular weight excluding hydrogens is 302 g/mol. The third-order valence-electron chi connectivity index (χ3n) is 2.79. The summed E-state index contributed by atoms with van der Waals surface area (Å²) in [6, 6.07) is 7.26. The molecule has 3 aromatic heterocycles. The van der Waals surface area contributed by atoms with Crippen LogP contribution in [-0.4, -0.2) is 31.4 Å². The molecule has 0 aromatic carbocycles. The summed E-state index contributed by atoms with van der Waals surface area (Å²) in [5.74, 6) is 1.61. The highest BCUT2D eigenvalue weighted by atomic mass is 32.2. The molecule has 8 heteroatoms. The van der Waals surface area contributed by atoms with Gasteiger partial charge in [0, 0.05) is 12.4 Å². The van der Waals surface area contributed by atoms with Crippen LogP contribution in [0.3, 0.4) is 0 Å². The Balaban J connectivity index is 1.48. The number of hydrogen-bond donors (Lipinski definition) is 1. The average Bonchev–Trinajstić information content (AvgIpc) is 3.24. The van der Waals surface area contributed by atoms with Gasteiger partial charge >= 0.3 is 0 Å². The number of rotatable bonds is 6. The van der Waals surface area contributed by atoms with Crippen molar-refractivity contribution in [3.8, 4) is 5.82 Å². The molecule has 0 aliphatic rings. The number of thioether (sulfide) groups is 1. The zero-order chi connectivity index (χ0) is 15.2. The summed E-state index contributed by atoms with van der Waals surface area (Å²) in [6.07, 6.45) is 6.69. The van der Waals surface area contributed by atoms with Crippen molar-refractivity contribution in [2.75, 3.05) is 5.75 Å². The first-order valence-corrected chi connectivity index (χ1v) is 7.54. The van der Waals surface area contributed by atoms with Crippen LogP contribution in [0.1, 0.15) is 5.76 Å². The van der Waals surface area contributed by atoms with Gasteiger partial charge in [0.15, 0.2) is 5.82 Å². The number of imidazole rings is 1. The minimum atomic E-state index is -0.0816. The highest BCUT2D eigenvalue weighted by molar-refractivity contribution is 7.99. The second kappa shape index (κ2) is 6.90. The molecule has 0 aliphatic heterocycles. The number of nitrogens with zero attached hydrogens (tertiary/aromatic N) is 4. The molecule has 1 amide bonds. The van der Waals surface area contributed by atoms with E-state index in [0.717, 1.165) is 5.76 Å². The summed E-state index contributed by atoms with van der Waals surface area (Å²) < 4.78 is 6.91. The molecule has 3 rings (SSSR count). The van der Waals surface area contributed by atoms with Crippen molar-refractivity contribution in [3.63, 3.8) is 0 Å². The molecule has 0 unspecified atom stereocenters. The van der Waals surface area contributed by atoms with Crippen molar-refractivity contribution < 1.29 is 9.21 Å². The number of nitrogens with one attached hydrogen (secondary N) is 1. The predicted molar refractivity (Wildman–Crippen MR) is 80.4 cm³/mol. The number of carbonyl (C=O) groups is 1. The number of furan rings is 1. The summed E-state index contributed by atoms with van der Waals surface area (Å²) in [4.78, 5) is 15.7. The van der Waals surface area contributed by atoms with Crippen LogP contribution in [-0.2, 0) is 11.3 Å². The Kier molecular flexibility index (Phi) is 4.50. The molecule has 3 aromatic rings. The van der Waals surface area contributed by atoms with E-state index >= 15 is 0 Å². The van der Waals surface area contributed by atoms with Crippen molar-refractivity contribution in [3.05, 3.63) is 55.0 Å². The van der Waals surface area contributed by atoms with Crippen molar-refractivity contribution in [2.24, 2.45) is 0 Å². The summed E-state index contributed by atoms with van der Waals surface area (Å²) in [6.45, 7) is 0.387. The van der Waals surface area contributed by atoms with E-state index in [1.807, 2.05) is 18.2 Å². The van der Waals surface area contributed by atoms with Gasteiger partial charge in [-0.2, -0.15) is 0 Å². The lowest BCUT2D eigenvalue weighted by molar-refractivity contribution is -0.118. The number of aromatic nitrogens is 4. The van der Waals surface area contributed by atoms with E-state index in [9.17, 15) is 4.79 Å². The molecule has 0 bridgehead atoms. The molecule has 3 heterocycles. The molecule has 1 N–H and O–H groups in total. The van der Waals surface area contributed by atoms with Crippen LogP contribution in [0.2, 0.25) is 0 Å². The lowest BCUT2D eigenvalue weighted by atomic mass is 10.4. The van der Waals surface area contributed by atoms with Gasteiger partial charge in [-0.3, -0.25) is 9.36 Å². The fraction of sp³-hybridized carbons (Fsp3) is 0.143. The predicted octanol–water partition coefficient (Wildman–Crippen LogP) is 1.66. The van der Waals surface area contributed by atoms with E-state index in [4.69, 9.17) is 4.42 Å². The Morgan fingerprint density at radius 1 is 1.32 bits per heavy atom. The first-order chi connectivity index (χ1) is 10.8. The van der Waals surface area contributed by atoms with Gasteiger partial charge in [0.1, 0.15) is 17.1 Å². The maximum atomic E-state index is 11.7. The van der Waals surface area contributed by atoms with Gasteiger partial charge < -0.3 is 9.73 Å². The monoisotopic (exact) mass is 315 g/mol. The highest BCUT2D eigenvalue weighted by Gasteiger charge is 2.06. The Morgan fingerprint density at radius 3 is 2.95 bits per heavy atom. The van der Waals surface area contributed by atoms with Gasteiger partial charge in [0.05, 0.1) is 18.6 Å². The van der Waals surface area contributed by atoms with Crippen LogP contribution in [0.5, 0.6) is 0 Å². The lowest BCUT2D eigenvalue weighted by Gasteiger charge is -2.04. The molecule has 112 valence electrons. The van der Waals surface area contributed by atoms with E-state index in [-0.39, 0.29) is 11.7 Å². The average molecular weight is 315 g/mol. The normalized spacial score (nSPS) is 10.5. The molecule has 0 spiro atoms. The van der Waals surface area contributed by atoms with Crippen molar-refractivity contribution >= 4 is 17.7 Å². The Bertz CT molecular complexity index is 710. The van der Waals surface area contributed by atoms with Crippen LogP contribution in [0.15, 0.2) is 58.7 Å². The van der Waals surface area contributed by atoms with Crippen LogP contribution in [0.25, 0.3) is 5.82 Å². The maximum Gasteiger partial charge on any atom is 0.230 e. The van der Waals surface area contributed by atoms with Gasteiger partial charge in [0.25, 0.3) is 0 Å². The number of carbonyl (C=O) groups excluding carboxylic acids is 1. The van der Waals surface area contributed by atoms with Crippen molar-refractivity contribution in [2.45, 2.75) is 11.6 Å². The summed E-state index contributed by atoms with van der Waals surface area (Å²) in [7, 11) is 0. The SMILES string of the molecule is O=C(CSc1ccc(-n2ccnc2)nn1)NCc1ccco1. The molecule has 22 heavy (non-hydrogen) atoms. The van der Waals surface area contributed by atoms with E-state index in [1.54, 1.807) is 35.6 Å². The van der Waals surface area contributed by atoms with Crippen molar-refractivity contribution in [1.29, 1.82) is 0 Å². The highest BCUT2D eigenvalue weighted by Crippen LogP contribution is 2.14. The third-order valence-corrected chi connectivity index (χ3v) is 3.71. The Labute approximate surface area is 130 Å². The molecule has 0 radical (unpaired) electrons. The Hall–Kier alpha value is -2.61. The maximum absolute atomic E-state index is 11.7. The first-order valence-electron chi connectivity index (χ1n) is 6.55. The van der Waals surface area contributed by atoms with Gasteiger partial charge in [-0.05, 0) is 24.3 Å². The minimum Gasteiger partial charge on any atom is -0.467 e. The molecule has 0 fully saturated rings. The van der Waals surface area contributed by atoms with E-state index in [0.29, 0.717) is 17.4 Å². The van der Waals surface area contributed by atoms with Crippen LogP contribution < -0.4 is 5.32 Å². The lowest BCUT2D eigenvalue weighted by Crippen LogP contribution is -2.24. The minimum absolute atomic E-state index is 0.0816. The second-order valence-corrected chi connectivity index (χ2v) is 5.34. The molecule has 0 saturated heterocycles. The van der Waals surface area contributed by atoms with Gasteiger partial charge in [-0.25, -0.2) is 4.98 Å². The Morgan fingerprint density at radius 2 is 2.27 bits per heavy atom. The fourth-order valence-corrected chi connectivity index (χ4v) is 2.36. The molecular formula is C14H13N5O2S. The van der Waals surface area contributed by atoms with Crippen LogP contribution in [0, 0.1) is 0 Å². The molecule has 7 nitrogen and oxygen atoms in total. The number of hydrogen-bond acceptors (Lipinski definition) is 6. The first kappa shape index (κ1) is 14.3. The fourth-order valence-electron chi connectivity index (χ4n) is 1.71. The van der Waals surface area contributed by atoms with Gasteiger partial charge in [-0.15, -0.1) is 10.2 Å². The van der Waals surface area contributed by atoms with E-state index in [1.165, 1.54) is 11.8 Å². The second-order valence-electron chi connectivity index (χ2n) is 4.34. The summed E-state index contributed by atoms with van der Waals surface area (Å²) in [5, 5.41) is 11.6. The standard InChI is InChI=1S/C14H13N5O2S/c20-13(16-8-11-2-1-7-21-11)9-22-14-4-3-12(17-18-14)19-6-5-15-10-19/h1-7,10H,8-9H2,(H,16,20). The zero-order valence-electron chi connectivity index (χ0n) is 11.5.